The van der Waals surface area contributed by atoms with E-state index in [1.807, 2.05) is 31.3 Å². The van der Waals surface area contributed by atoms with Gasteiger partial charge in [-0.15, -0.1) is 0 Å². The maximum absolute atomic E-state index is 12.5. The summed E-state index contributed by atoms with van der Waals surface area (Å²) in [5.74, 6) is 0.826. The Balaban J connectivity index is 1.28. The van der Waals surface area contributed by atoms with Crippen molar-refractivity contribution in [2.24, 2.45) is 7.05 Å². The molecule has 2 aliphatic rings. The molecule has 9 heteroatoms. The van der Waals surface area contributed by atoms with E-state index in [4.69, 9.17) is 0 Å². The van der Waals surface area contributed by atoms with E-state index in [0.717, 1.165) is 29.7 Å². The molecule has 0 radical (unpaired) electrons. The largest absolute Gasteiger partial charge is 0.338 e. The number of aryl methyl sites for hydroxylation is 2. The van der Waals surface area contributed by atoms with Crippen molar-refractivity contribution in [3.05, 3.63) is 30.1 Å². The maximum atomic E-state index is 12.5. The van der Waals surface area contributed by atoms with Gasteiger partial charge in [-0.1, -0.05) is 12.1 Å². The van der Waals surface area contributed by atoms with Gasteiger partial charge in [-0.25, -0.2) is 9.78 Å². The lowest BCUT2D eigenvalue weighted by atomic mass is 10.1. The third-order valence-corrected chi connectivity index (χ3v) is 5.75. The van der Waals surface area contributed by atoms with E-state index >= 15 is 0 Å². The Bertz CT molecular complexity index is 955. The quantitative estimate of drug-likeness (QED) is 0.745. The number of amides is 4. The first-order valence-corrected chi connectivity index (χ1v) is 9.93. The first-order chi connectivity index (χ1) is 14.0. The lowest BCUT2D eigenvalue weighted by Crippen LogP contribution is -2.67. The lowest BCUT2D eigenvalue weighted by molar-refractivity contribution is -0.157. The molecule has 2 aliphatic heterocycles. The number of hydrogen-bond acceptors (Lipinski definition) is 4. The minimum atomic E-state index is -0.569. The second kappa shape index (κ2) is 7.73. The number of likely N-dealkylation sites (N-methyl/N-ethyl adjacent to an activating group) is 1. The first-order valence-electron chi connectivity index (χ1n) is 9.93. The van der Waals surface area contributed by atoms with Gasteiger partial charge in [-0.3, -0.25) is 9.59 Å². The predicted octanol–water partition coefficient (Wildman–Crippen LogP) is 0.200. The molecule has 2 fully saturated rings. The fourth-order valence-corrected chi connectivity index (χ4v) is 4.08. The zero-order chi connectivity index (χ0) is 20.5. The molecule has 9 nitrogen and oxygen atoms in total. The molecule has 154 valence electrons. The number of benzene rings is 1. The van der Waals surface area contributed by atoms with Gasteiger partial charge < -0.3 is 24.6 Å². The predicted molar refractivity (Wildman–Crippen MR) is 107 cm³/mol. The number of nitrogens with zero attached hydrogens (tertiary/aromatic N) is 5. The highest BCUT2D eigenvalue weighted by Gasteiger charge is 2.42. The highest BCUT2D eigenvalue weighted by molar-refractivity contribution is 5.95. The van der Waals surface area contributed by atoms with Crippen LogP contribution in [-0.4, -0.2) is 87.9 Å². The van der Waals surface area contributed by atoms with Gasteiger partial charge in [0, 0.05) is 40.2 Å². The number of piperazine rings is 2. The monoisotopic (exact) mass is 398 g/mol. The number of imidazole rings is 1. The smallest absolute Gasteiger partial charge is 0.317 e. The van der Waals surface area contributed by atoms with Gasteiger partial charge in [0.05, 0.1) is 24.1 Å². The van der Waals surface area contributed by atoms with Gasteiger partial charge in [-0.2, -0.15) is 0 Å². The molecule has 4 amide bonds. The Kier molecular flexibility index (Phi) is 5.12. The van der Waals surface area contributed by atoms with Gasteiger partial charge in [0.2, 0.25) is 11.8 Å². The van der Waals surface area contributed by atoms with Crippen LogP contribution >= 0.6 is 0 Å². The van der Waals surface area contributed by atoms with Crippen LogP contribution in [0.25, 0.3) is 11.0 Å². The van der Waals surface area contributed by atoms with E-state index in [9.17, 15) is 14.4 Å². The van der Waals surface area contributed by atoms with Crippen molar-refractivity contribution in [1.29, 1.82) is 0 Å². The molecule has 4 rings (SSSR count). The van der Waals surface area contributed by atoms with Crippen molar-refractivity contribution in [1.82, 2.24) is 29.6 Å². The molecule has 2 aromatic rings. The number of para-hydroxylation sites is 2. The van der Waals surface area contributed by atoms with E-state index < -0.39 is 6.04 Å². The SMILES string of the molecule is CN1CC(=O)N2CCN(C(=O)NCCCc3nc4ccccc4n3C)C[C@@H]2C1=O. The first kappa shape index (κ1) is 19.2. The number of aromatic nitrogens is 2. The zero-order valence-electron chi connectivity index (χ0n) is 16.8. The number of rotatable bonds is 4. The van der Waals surface area contributed by atoms with Crippen LogP contribution in [-0.2, 0) is 23.1 Å². The summed E-state index contributed by atoms with van der Waals surface area (Å²) in [6.45, 7) is 1.72. The molecule has 0 spiro atoms. The fraction of sp³-hybridized carbons (Fsp3) is 0.500. The van der Waals surface area contributed by atoms with Crippen molar-refractivity contribution in [2.75, 3.05) is 39.8 Å². The molecule has 2 saturated heterocycles. The maximum Gasteiger partial charge on any atom is 0.317 e. The Morgan fingerprint density at radius 2 is 2.00 bits per heavy atom. The highest BCUT2D eigenvalue weighted by Crippen LogP contribution is 2.17. The summed E-state index contributed by atoms with van der Waals surface area (Å²) in [7, 11) is 3.62. The zero-order valence-corrected chi connectivity index (χ0v) is 16.8. The summed E-state index contributed by atoms with van der Waals surface area (Å²) in [4.78, 5) is 46.3. The van der Waals surface area contributed by atoms with E-state index in [1.54, 1.807) is 16.8 Å². The Labute approximate surface area is 169 Å². The lowest BCUT2D eigenvalue weighted by Gasteiger charge is -2.45. The summed E-state index contributed by atoms with van der Waals surface area (Å²) in [6, 6.07) is 7.25. The molecular formula is C20H26N6O3. The molecule has 3 heterocycles. The van der Waals surface area contributed by atoms with E-state index in [2.05, 4.69) is 14.9 Å². The van der Waals surface area contributed by atoms with Crippen molar-refractivity contribution in [2.45, 2.75) is 18.9 Å². The second-order valence-electron chi connectivity index (χ2n) is 7.65. The molecule has 1 atom stereocenters. The van der Waals surface area contributed by atoms with Crippen LogP contribution in [0.4, 0.5) is 4.79 Å². The van der Waals surface area contributed by atoms with Crippen LogP contribution < -0.4 is 5.32 Å². The van der Waals surface area contributed by atoms with Gasteiger partial charge in [-0.05, 0) is 18.6 Å². The standard InChI is InChI=1S/C20H26N6O3/c1-23-13-18(27)26-11-10-25(12-16(26)19(23)28)20(29)21-9-5-8-17-22-14-6-3-4-7-15(14)24(17)2/h3-4,6-7,16H,5,8-13H2,1-2H3,(H,21,29)/t16-/m1/s1. The van der Waals surface area contributed by atoms with Crippen LogP contribution in [0, 0.1) is 0 Å². The molecular weight excluding hydrogens is 372 g/mol. The van der Waals surface area contributed by atoms with Crippen LogP contribution in [0.15, 0.2) is 24.3 Å². The van der Waals surface area contributed by atoms with Gasteiger partial charge in [0.1, 0.15) is 11.9 Å². The highest BCUT2D eigenvalue weighted by atomic mass is 16.2. The van der Waals surface area contributed by atoms with E-state index in [0.29, 0.717) is 19.6 Å². The third kappa shape index (κ3) is 3.64. The normalized spacial score (nSPS) is 19.7. The Morgan fingerprint density at radius 1 is 1.21 bits per heavy atom. The Morgan fingerprint density at radius 3 is 2.79 bits per heavy atom. The molecule has 0 saturated carbocycles. The average Bonchev–Trinajstić information content (AvgIpc) is 3.05. The third-order valence-electron chi connectivity index (χ3n) is 5.75. The minimum Gasteiger partial charge on any atom is -0.338 e. The number of carbonyl (C=O) groups is 3. The molecule has 0 bridgehead atoms. The molecule has 0 aliphatic carbocycles. The summed E-state index contributed by atoms with van der Waals surface area (Å²) in [6.07, 6.45) is 1.53. The van der Waals surface area contributed by atoms with Gasteiger partial charge in [0.15, 0.2) is 0 Å². The Hall–Kier alpha value is -3.10. The molecule has 1 aromatic carbocycles. The van der Waals surface area contributed by atoms with Crippen molar-refractivity contribution >= 4 is 28.9 Å². The summed E-state index contributed by atoms with van der Waals surface area (Å²) in [5, 5.41) is 2.93. The minimum absolute atomic E-state index is 0.0559. The molecule has 1 N–H and O–H groups in total. The number of hydrogen-bond donors (Lipinski definition) is 1. The number of urea groups is 1. The summed E-state index contributed by atoms with van der Waals surface area (Å²) < 4.78 is 2.08. The molecule has 1 aromatic heterocycles. The van der Waals surface area contributed by atoms with Crippen LogP contribution in [0.2, 0.25) is 0 Å². The van der Waals surface area contributed by atoms with Crippen molar-refractivity contribution in [3.8, 4) is 0 Å². The fourth-order valence-electron chi connectivity index (χ4n) is 4.08. The average molecular weight is 398 g/mol. The number of carbonyl (C=O) groups excluding carboxylic acids is 3. The molecule has 29 heavy (non-hydrogen) atoms. The van der Waals surface area contributed by atoms with Crippen LogP contribution in [0.5, 0.6) is 0 Å². The van der Waals surface area contributed by atoms with Crippen LogP contribution in [0.3, 0.4) is 0 Å². The van der Waals surface area contributed by atoms with Crippen molar-refractivity contribution < 1.29 is 14.4 Å². The van der Waals surface area contributed by atoms with Crippen LogP contribution in [0.1, 0.15) is 12.2 Å². The van der Waals surface area contributed by atoms with E-state index in [1.165, 1.54) is 4.90 Å². The summed E-state index contributed by atoms with van der Waals surface area (Å²) in [5.41, 5.74) is 2.07. The molecule has 0 unspecified atom stereocenters. The van der Waals surface area contributed by atoms with Crippen molar-refractivity contribution in [3.63, 3.8) is 0 Å². The van der Waals surface area contributed by atoms with Gasteiger partial charge in [0.25, 0.3) is 0 Å². The van der Waals surface area contributed by atoms with Gasteiger partial charge >= 0.3 is 6.03 Å². The summed E-state index contributed by atoms with van der Waals surface area (Å²) >= 11 is 0. The topological polar surface area (TPSA) is 90.8 Å². The number of nitrogens with one attached hydrogen (secondary N) is 1. The number of fused-ring (bicyclic) bond motifs is 2. The van der Waals surface area contributed by atoms with E-state index in [-0.39, 0.29) is 30.9 Å². The second-order valence-corrected chi connectivity index (χ2v) is 7.65.